The number of nitrogens with one attached hydrogen (secondary N) is 1. The Bertz CT molecular complexity index is 410. The number of rotatable bonds is 5. The van der Waals surface area contributed by atoms with Gasteiger partial charge in [-0.05, 0) is 50.6 Å². The molecular formula is C15H21F2NS. The average molecular weight is 285 g/mol. The highest BCUT2D eigenvalue weighted by molar-refractivity contribution is 8.00. The van der Waals surface area contributed by atoms with E-state index in [0.29, 0.717) is 6.42 Å². The van der Waals surface area contributed by atoms with Crippen molar-refractivity contribution in [3.63, 3.8) is 0 Å². The Morgan fingerprint density at radius 2 is 2.05 bits per heavy atom. The number of benzene rings is 1. The molecule has 0 amide bonds. The lowest BCUT2D eigenvalue weighted by atomic mass is 9.90. The van der Waals surface area contributed by atoms with Gasteiger partial charge in [-0.25, -0.2) is 8.78 Å². The van der Waals surface area contributed by atoms with Crippen molar-refractivity contribution in [2.45, 2.75) is 43.9 Å². The van der Waals surface area contributed by atoms with Crippen LogP contribution in [0.15, 0.2) is 18.2 Å². The van der Waals surface area contributed by atoms with Crippen LogP contribution >= 0.6 is 11.8 Å². The third kappa shape index (κ3) is 3.29. The molecule has 0 spiro atoms. The highest BCUT2D eigenvalue weighted by atomic mass is 32.2. The molecule has 1 saturated heterocycles. The second-order valence-corrected chi connectivity index (χ2v) is 6.91. The van der Waals surface area contributed by atoms with Gasteiger partial charge in [0.1, 0.15) is 11.6 Å². The zero-order chi connectivity index (χ0) is 13.9. The predicted octanol–water partition coefficient (Wildman–Crippen LogP) is 3.77. The first-order chi connectivity index (χ1) is 9.07. The number of thioether (sulfide) groups is 1. The van der Waals surface area contributed by atoms with Crippen LogP contribution < -0.4 is 5.32 Å². The fraction of sp³-hybridized carbons (Fsp3) is 0.600. The highest BCUT2D eigenvalue weighted by Gasteiger charge is 2.38. The largest absolute Gasteiger partial charge is 0.313 e. The second-order valence-electron chi connectivity index (χ2n) is 5.28. The highest BCUT2D eigenvalue weighted by Crippen LogP contribution is 2.41. The predicted molar refractivity (Wildman–Crippen MR) is 77.6 cm³/mol. The van der Waals surface area contributed by atoms with Crippen LogP contribution in [0.3, 0.4) is 0 Å². The summed E-state index contributed by atoms with van der Waals surface area (Å²) in [6.45, 7) is 5.06. The molecule has 1 aromatic rings. The zero-order valence-corrected chi connectivity index (χ0v) is 12.3. The molecule has 106 valence electrons. The lowest BCUT2D eigenvalue weighted by Crippen LogP contribution is -2.47. The third-order valence-corrected chi connectivity index (χ3v) is 5.55. The van der Waals surface area contributed by atoms with Crippen molar-refractivity contribution in [2.24, 2.45) is 0 Å². The maximum Gasteiger partial charge on any atom is 0.129 e. The van der Waals surface area contributed by atoms with Crippen LogP contribution in [0.2, 0.25) is 0 Å². The van der Waals surface area contributed by atoms with E-state index in [1.54, 1.807) is 0 Å². The van der Waals surface area contributed by atoms with Crippen molar-refractivity contribution in [1.29, 1.82) is 0 Å². The topological polar surface area (TPSA) is 12.0 Å². The molecule has 0 aliphatic carbocycles. The SMILES string of the molecule is CCNC(Cc1c(F)cccc1F)C1(C)CCCS1. The average Bonchev–Trinajstić information content (AvgIpc) is 2.81. The van der Waals surface area contributed by atoms with Crippen molar-refractivity contribution in [3.8, 4) is 0 Å². The van der Waals surface area contributed by atoms with Gasteiger partial charge in [0.05, 0.1) is 0 Å². The van der Waals surface area contributed by atoms with E-state index in [1.807, 2.05) is 18.7 Å². The van der Waals surface area contributed by atoms with Crippen LogP contribution in [0.25, 0.3) is 0 Å². The maximum atomic E-state index is 13.8. The molecule has 1 N–H and O–H groups in total. The Morgan fingerprint density at radius 3 is 2.58 bits per heavy atom. The van der Waals surface area contributed by atoms with Crippen LogP contribution in [0.4, 0.5) is 8.78 Å². The molecule has 1 nitrogen and oxygen atoms in total. The summed E-state index contributed by atoms with van der Waals surface area (Å²) in [5, 5.41) is 3.41. The molecular weight excluding hydrogens is 264 g/mol. The lowest BCUT2D eigenvalue weighted by molar-refractivity contribution is 0.395. The van der Waals surface area contributed by atoms with Crippen molar-refractivity contribution >= 4 is 11.8 Å². The van der Waals surface area contributed by atoms with Crippen LogP contribution in [0.1, 0.15) is 32.3 Å². The molecule has 1 fully saturated rings. The first-order valence-electron chi connectivity index (χ1n) is 6.87. The van der Waals surface area contributed by atoms with E-state index < -0.39 is 11.6 Å². The van der Waals surface area contributed by atoms with Gasteiger partial charge in [0.2, 0.25) is 0 Å². The summed E-state index contributed by atoms with van der Waals surface area (Å²) in [5.74, 6) is 0.266. The molecule has 1 aliphatic rings. The van der Waals surface area contributed by atoms with E-state index in [9.17, 15) is 8.78 Å². The molecule has 0 saturated carbocycles. The number of hydrogen-bond donors (Lipinski definition) is 1. The third-order valence-electron chi connectivity index (χ3n) is 3.91. The van der Waals surface area contributed by atoms with Gasteiger partial charge in [0.25, 0.3) is 0 Å². The van der Waals surface area contributed by atoms with Crippen LogP contribution in [-0.2, 0) is 6.42 Å². The van der Waals surface area contributed by atoms with E-state index in [4.69, 9.17) is 0 Å². The van der Waals surface area contributed by atoms with Gasteiger partial charge in [0, 0.05) is 16.4 Å². The molecule has 0 aromatic heterocycles. The van der Waals surface area contributed by atoms with E-state index in [-0.39, 0.29) is 16.4 Å². The standard InChI is InChI=1S/C15H21F2NS/c1-3-18-14(15(2)8-5-9-19-15)10-11-12(16)6-4-7-13(11)17/h4,6-7,14,18H,3,5,8-10H2,1-2H3. The summed E-state index contributed by atoms with van der Waals surface area (Å²) in [6.07, 6.45) is 2.70. The molecule has 1 heterocycles. The smallest absolute Gasteiger partial charge is 0.129 e. The number of hydrogen-bond acceptors (Lipinski definition) is 2. The summed E-state index contributed by atoms with van der Waals surface area (Å²) in [5.41, 5.74) is 0.210. The Balaban J connectivity index is 2.21. The Hall–Kier alpha value is -0.610. The summed E-state index contributed by atoms with van der Waals surface area (Å²) in [4.78, 5) is 0. The minimum Gasteiger partial charge on any atom is -0.313 e. The summed E-state index contributed by atoms with van der Waals surface area (Å²) >= 11 is 1.92. The normalized spacial score (nSPS) is 24.6. The molecule has 4 heteroatoms. The molecule has 2 atom stereocenters. The number of likely N-dealkylation sites (N-methyl/N-ethyl adjacent to an activating group) is 1. The van der Waals surface area contributed by atoms with Crippen LogP contribution in [0.5, 0.6) is 0 Å². The van der Waals surface area contributed by atoms with Gasteiger partial charge in [0.15, 0.2) is 0 Å². The van der Waals surface area contributed by atoms with Gasteiger partial charge in [-0.3, -0.25) is 0 Å². The lowest BCUT2D eigenvalue weighted by Gasteiger charge is -2.34. The Morgan fingerprint density at radius 1 is 1.37 bits per heavy atom. The first kappa shape index (κ1) is 14.8. The van der Waals surface area contributed by atoms with Crippen molar-refractivity contribution < 1.29 is 8.78 Å². The quantitative estimate of drug-likeness (QED) is 0.884. The zero-order valence-electron chi connectivity index (χ0n) is 11.5. The van der Waals surface area contributed by atoms with Crippen LogP contribution in [0, 0.1) is 11.6 Å². The molecule has 2 rings (SSSR count). The molecule has 2 unspecified atom stereocenters. The molecule has 0 bridgehead atoms. The molecule has 19 heavy (non-hydrogen) atoms. The van der Waals surface area contributed by atoms with E-state index in [1.165, 1.54) is 24.6 Å². The summed E-state index contributed by atoms with van der Waals surface area (Å²) < 4.78 is 27.7. The fourth-order valence-corrected chi connectivity index (χ4v) is 4.17. The Labute approximate surface area is 118 Å². The molecule has 0 radical (unpaired) electrons. The van der Waals surface area contributed by atoms with Crippen LogP contribution in [-0.4, -0.2) is 23.1 Å². The van der Waals surface area contributed by atoms with Crippen molar-refractivity contribution in [3.05, 3.63) is 35.4 Å². The van der Waals surface area contributed by atoms with E-state index >= 15 is 0 Å². The molecule has 1 aromatic carbocycles. The maximum absolute atomic E-state index is 13.8. The van der Waals surface area contributed by atoms with Crippen molar-refractivity contribution in [2.75, 3.05) is 12.3 Å². The fourth-order valence-electron chi connectivity index (χ4n) is 2.76. The van der Waals surface area contributed by atoms with Gasteiger partial charge in [-0.15, -0.1) is 0 Å². The van der Waals surface area contributed by atoms with E-state index in [0.717, 1.165) is 18.7 Å². The minimum atomic E-state index is -0.436. The monoisotopic (exact) mass is 285 g/mol. The van der Waals surface area contributed by atoms with Gasteiger partial charge in [-0.2, -0.15) is 11.8 Å². The van der Waals surface area contributed by atoms with E-state index in [2.05, 4.69) is 12.2 Å². The Kier molecular flexibility index (Phi) is 4.85. The second kappa shape index (κ2) is 6.23. The molecule has 1 aliphatic heterocycles. The van der Waals surface area contributed by atoms with Gasteiger partial charge >= 0.3 is 0 Å². The van der Waals surface area contributed by atoms with Gasteiger partial charge in [-0.1, -0.05) is 13.0 Å². The number of halogens is 2. The minimum absolute atomic E-state index is 0.0741. The summed E-state index contributed by atoms with van der Waals surface area (Å²) in [6, 6.07) is 4.20. The van der Waals surface area contributed by atoms with Gasteiger partial charge < -0.3 is 5.32 Å². The van der Waals surface area contributed by atoms with Crippen molar-refractivity contribution in [1.82, 2.24) is 5.32 Å². The first-order valence-corrected chi connectivity index (χ1v) is 7.85. The summed E-state index contributed by atoms with van der Waals surface area (Å²) in [7, 11) is 0.